The van der Waals surface area contributed by atoms with Gasteiger partial charge in [-0.05, 0) is 20.8 Å². The maximum Gasteiger partial charge on any atom is 0.112 e. The quantitative estimate of drug-likeness (QED) is 0.744. The van der Waals surface area contributed by atoms with E-state index in [4.69, 9.17) is 0 Å². The van der Waals surface area contributed by atoms with Gasteiger partial charge < -0.3 is 0 Å². The van der Waals surface area contributed by atoms with E-state index >= 15 is 0 Å². The molecule has 0 bridgehead atoms. The smallest absolute Gasteiger partial charge is 0.112 e. The highest BCUT2D eigenvalue weighted by Crippen LogP contribution is 2.21. The molecule has 0 saturated heterocycles. The summed E-state index contributed by atoms with van der Waals surface area (Å²) >= 11 is 1.67. The first-order valence-corrected chi connectivity index (χ1v) is 5.09. The van der Waals surface area contributed by atoms with Gasteiger partial charge in [-0.25, -0.2) is 4.98 Å². The molecule has 0 saturated carbocycles. The highest BCUT2D eigenvalue weighted by Gasteiger charge is 2.21. The predicted molar refractivity (Wildman–Crippen MR) is 56.6 cm³/mol. The fourth-order valence-electron chi connectivity index (χ4n) is 0.961. The van der Waals surface area contributed by atoms with E-state index in [0.29, 0.717) is 6.54 Å². The number of hydrogen-bond donors (Lipinski definition) is 1. The van der Waals surface area contributed by atoms with Crippen LogP contribution >= 0.6 is 11.3 Å². The van der Waals surface area contributed by atoms with Gasteiger partial charge in [-0.15, -0.1) is 17.3 Å². The van der Waals surface area contributed by atoms with Crippen molar-refractivity contribution < 1.29 is 0 Å². The number of hydrogen-bond acceptors (Lipinski definition) is 3. The van der Waals surface area contributed by atoms with Crippen molar-refractivity contribution >= 4 is 11.3 Å². The summed E-state index contributed by atoms with van der Waals surface area (Å²) < 4.78 is 0. The summed E-state index contributed by atoms with van der Waals surface area (Å²) in [5.74, 6) is 5.84. The summed E-state index contributed by atoms with van der Waals surface area (Å²) in [7, 11) is 0. The zero-order valence-electron chi connectivity index (χ0n) is 8.22. The molecule has 1 aromatic heterocycles. The molecule has 0 radical (unpaired) electrons. The highest BCUT2D eigenvalue weighted by atomic mass is 32.1. The van der Waals surface area contributed by atoms with Crippen molar-refractivity contribution in [3.8, 4) is 11.8 Å². The molecule has 0 aliphatic carbocycles. The topological polar surface area (TPSA) is 24.9 Å². The van der Waals surface area contributed by atoms with Gasteiger partial charge in [0.05, 0.1) is 12.1 Å². The van der Waals surface area contributed by atoms with E-state index in [1.807, 2.05) is 18.5 Å². The summed E-state index contributed by atoms with van der Waals surface area (Å²) in [6.07, 6.45) is 1.83. The fourth-order valence-corrected chi connectivity index (χ4v) is 1.70. The Morgan fingerprint density at radius 1 is 1.62 bits per heavy atom. The molecule has 0 aliphatic heterocycles. The second-order valence-electron chi connectivity index (χ2n) is 3.24. The predicted octanol–water partition coefficient (Wildman–Crippen LogP) is 1.99. The monoisotopic (exact) mass is 194 g/mol. The molecule has 70 valence electrons. The van der Waals surface area contributed by atoms with Crippen LogP contribution in [0.5, 0.6) is 0 Å². The van der Waals surface area contributed by atoms with Gasteiger partial charge in [0.2, 0.25) is 0 Å². The normalized spacial score (nSPS) is 10.7. The third kappa shape index (κ3) is 2.83. The summed E-state index contributed by atoms with van der Waals surface area (Å²) in [6, 6.07) is 0. The summed E-state index contributed by atoms with van der Waals surface area (Å²) in [4.78, 5) is 4.27. The molecule has 1 heterocycles. The van der Waals surface area contributed by atoms with E-state index in [-0.39, 0.29) is 5.54 Å². The summed E-state index contributed by atoms with van der Waals surface area (Å²) in [5.41, 5.74) is -0.0714. The second-order valence-corrected chi connectivity index (χ2v) is 4.14. The van der Waals surface area contributed by atoms with Gasteiger partial charge in [0, 0.05) is 11.6 Å². The van der Waals surface area contributed by atoms with E-state index < -0.39 is 0 Å². The molecular weight excluding hydrogens is 180 g/mol. The molecule has 1 aromatic rings. The SMILES string of the molecule is CC#CCNC(C)(C)c1nccs1. The van der Waals surface area contributed by atoms with Gasteiger partial charge in [0.1, 0.15) is 5.01 Å². The lowest BCUT2D eigenvalue weighted by molar-refractivity contribution is 0.426. The van der Waals surface area contributed by atoms with Gasteiger partial charge in [0.25, 0.3) is 0 Å². The Bertz CT molecular complexity index is 303. The largest absolute Gasteiger partial charge is 0.295 e. The zero-order valence-corrected chi connectivity index (χ0v) is 9.03. The minimum absolute atomic E-state index is 0.0714. The van der Waals surface area contributed by atoms with Crippen LogP contribution in [0, 0.1) is 11.8 Å². The lowest BCUT2D eigenvalue weighted by Gasteiger charge is -2.22. The van der Waals surface area contributed by atoms with Crippen LogP contribution in [0.15, 0.2) is 11.6 Å². The third-order valence-electron chi connectivity index (χ3n) is 1.76. The molecule has 0 unspecified atom stereocenters. The van der Waals surface area contributed by atoms with Gasteiger partial charge >= 0.3 is 0 Å². The molecule has 1 rings (SSSR count). The van der Waals surface area contributed by atoms with Crippen LogP contribution in [-0.4, -0.2) is 11.5 Å². The fraction of sp³-hybridized carbons (Fsp3) is 0.500. The van der Waals surface area contributed by atoms with Crippen molar-refractivity contribution in [3.63, 3.8) is 0 Å². The Morgan fingerprint density at radius 2 is 2.38 bits per heavy atom. The van der Waals surface area contributed by atoms with Crippen LogP contribution in [0.2, 0.25) is 0 Å². The Morgan fingerprint density at radius 3 is 2.92 bits per heavy atom. The molecule has 1 N–H and O–H groups in total. The first-order valence-electron chi connectivity index (χ1n) is 4.21. The molecule has 0 aliphatic rings. The maximum atomic E-state index is 4.27. The van der Waals surface area contributed by atoms with Crippen molar-refractivity contribution in [3.05, 3.63) is 16.6 Å². The summed E-state index contributed by atoms with van der Waals surface area (Å²) in [5, 5.41) is 6.43. The Balaban J connectivity index is 2.59. The van der Waals surface area contributed by atoms with Crippen LogP contribution < -0.4 is 5.32 Å². The number of nitrogens with one attached hydrogen (secondary N) is 1. The second kappa shape index (κ2) is 4.40. The average molecular weight is 194 g/mol. The van der Waals surface area contributed by atoms with Crippen molar-refractivity contribution in [1.82, 2.24) is 10.3 Å². The third-order valence-corrected chi connectivity index (χ3v) is 2.86. The Kier molecular flexibility index (Phi) is 3.47. The molecule has 0 spiro atoms. The highest BCUT2D eigenvalue weighted by molar-refractivity contribution is 7.09. The molecular formula is C10H14N2S. The van der Waals surface area contributed by atoms with Crippen molar-refractivity contribution in [1.29, 1.82) is 0 Å². The average Bonchev–Trinajstić information content (AvgIpc) is 2.56. The Labute approximate surface area is 83.4 Å². The zero-order chi connectivity index (χ0) is 9.73. The van der Waals surface area contributed by atoms with E-state index in [9.17, 15) is 0 Å². The number of nitrogens with zero attached hydrogens (tertiary/aromatic N) is 1. The molecule has 2 nitrogen and oxygen atoms in total. The first-order chi connectivity index (χ1) is 6.17. The van der Waals surface area contributed by atoms with Gasteiger partial charge in [-0.2, -0.15) is 0 Å². The van der Waals surface area contributed by atoms with Crippen LogP contribution in [0.25, 0.3) is 0 Å². The van der Waals surface area contributed by atoms with Crippen LogP contribution in [0.4, 0.5) is 0 Å². The number of aromatic nitrogens is 1. The number of rotatable bonds is 3. The van der Waals surface area contributed by atoms with E-state index in [1.54, 1.807) is 11.3 Å². The van der Waals surface area contributed by atoms with Gasteiger partial charge in [-0.3, -0.25) is 5.32 Å². The van der Waals surface area contributed by atoms with Crippen LogP contribution in [0.3, 0.4) is 0 Å². The van der Waals surface area contributed by atoms with Gasteiger partial charge in [-0.1, -0.05) is 5.92 Å². The standard InChI is InChI=1S/C10H14N2S/c1-4-5-6-12-10(2,3)9-11-7-8-13-9/h7-8,12H,6H2,1-3H3. The lowest BCUT2D eigenvalue weighted by Crippen LogP contribution is -2.36. The van der Waals surface area contributed by atoms with Crippen LogP contribution in [0.1, 0.15) is 25.8 Å². The van der Waals surface area contributed by atoms with Crippen molar-refractivity contribution in [2.75, 3.05) is 6.54 Å². The molecule has 0 fully saturated rings. The summed E-state index contributed by atoms with van der Waals surface area (Å²) in [6.45, 7) is 6.79. The maximum absolute atomic E-state index is 4.27. The van der Waals surface area contributed by atoms with Crippen LogP contribution in [-0.2, 0) is 5.54 Å². The first kappa shape index (κ1) is 10.2. The molecule has 0 amide bonds. The molecule has 0 aromatic carbocycles. The van der Waals surface area contributed by atoms with E-state index in [0.717, 1.165) is 5.01 Å². The molecule has 3 heteroatoms. The van der Waals surface area contributed by atoms with E-state index in [1.165, 1.54) is 0 Å². The van der Waals surface area contributed by atoms with Gasteiger partial charge in [0.15, 0.2) is 0 Å². The lowest BCUT2D eigenvalue weighted by atomic mass is 10.1. The minimum Gasteiger partial charge on any atom is -0.295 e. The molecule has 13 heavy (non-hydrogen) atoms. The Hall–Kier alpha value is -0.850. The minimum atomic E-state index is -0.0714. The molecule has 0 atom stereocenters. The van der Waals surface area contributed by atoms with E-state index in [2.05, 4.69) is 36.0 Å². The van der Waals surface area contributed by atoms with Crippen molar-refractivity contribution in [2.45, 2.75) is 26.3 Å². The number of thiazole rings is 1. The van der Waals surface area contributed by atoms with Crippen molar-refractivity contribution in [2.24, 2.45) is 0 Å².